The monoisotopic (exact) mass is 981 g/mol. The molecular weight excluding hydrogens is 865 g/mol. The Morgan fingerprint density at radius 3 is 0.710 bits per heavy atom. The van der Waals surface area contributed by atoms with Crippen molar-refractivity contribution >= 4 is 17.3 Å². The van der Waals surface area contributed by atoms with E-state index >= 15 is 0 Å². The maximum atomic E-state index is 14.2. The van der Waals surface area contributed by atoms with Gasteiger partial charge in [-0.05, 0) is 19.3 Å². The second kappa shape index (κ2) is 47.8. The van der Waals surface area contributed by atoms with Crippen LogP contribution in [-0.2, 0) is 14.4 Å². The Balaban J connectivity index is 5.50. The number of Topliss-reactive ketones (excluding diaryl/α,β-unsaturated/α-hetero) is 3. The van der Waals surface area contributed by atoms with Crippen LogP contribution >= 0.6 is 0 Å². The lowest BCUT2D eigenvalue weighted by atomic mass is 9.66. The zero-order valence-corrected chi connectivity index (χ0v) is 45.8. The van der Waals surface area contributed by atoms with Crippen LogP contribution in [0, 0.1) is 0 Å². The van der Waals surface area contributed by atoms with Gasteiger partial charge in [-0.25, -0.2) is 0 Å². The lowest BCUT2D eigenvalue weighted by Crippen LogP contribution is -2.75. The fraction of sp³-hybridized carbons (Fsp3) is 0.950. The summed E-state index contributed by atoms with van der Waals surface area (Å²) in [6.07, 6.45) is 42.4. The predicted molar refractivity (Wildman–Crippen MR) is 289 cm³/mol. The maximum Gasteiger partial charge on any atom is 0.220 e. The molecule has 0 aliphatic rings. The van der Waals surface area contributed by atoms with Crippen LogP contribution in [0.4, 0.5) is 0 Å². The molecule has 0 fully saturated rings. The molecule has 9 heteroatoms. The molecule has 0 saturated heterocycles. The molecule has 0 unspecified atom stereocenters. The summed E-state index contributed by atoms with van der Waals surface area (Å²) in [6.45, 7) is 5.71. The first-order chi connectivity index (χ1) is 33.5. The summed E-state index contributed by atoms with van der Waals surface area (Å²) >= 11 is 0. The van der Waals surface area contributed by atoms with E-state index in [1.807, 2.05) is 0 Å². The first-order valence-corrected chi connectivity index (χ1v) is 30.2. The molecule has 0 aromatic rings. The van der Waals surface area contributed by atoms with Gasteiger partial charge < -0.3 is 30.6 Å². The second-order valence-electron chi connectivity index (χ2n) is 21.5. The van der Waals surface area contributed by atoms with Gasteiger partial charge in [0, 0.05) is 19.3 Å². The molecule has 0 heterocycles. The third-order valence-corrected chi connectivity index (χ3v) is 15.1. The number of carbonyl (C=O) groups excluding carboxylic acids is 3. The average molecular weight is 982 g/mol. The highest BCUT2D eigenvalue weighted by Gasteiger charge is 2.67. The molecule has 69 heavy (non-hydrogen) atoms. The van der Waals surface area contributed by atoms with Crippen LogP contribution in [0.1, 0.15) is 329 Å². The van der Waals surface area contributed by atoms with Gasteiger partial charge in [-0.1, -0.05) is 290 Å². The molecule has 0 saturated carbocycles. The molecular formula is C60H116O9. The van der Waals surface area contributed by atoms with Crippen molar-refractivity contribution in [1.29, 1.82) is 0 Å². The third kappa shape index (κ3) is 32.5. The number of hydrogen-bond acceptors (Lipinski definition) is 9. The van der Waals surface area contributed by atoms with Gasteiger partial charge in [-0.3, -0.25) is 14.4 Å². The first-order valence-electron chi connectivity index (χ1n) is 30.2. The van der Waals surface area contributed by atoms with Gasteiger partial charge in [0.25, 0.3) is 0 Å². The standard InChI is InChI=1S/C60H116O9/c1-4-7-10-13-16-19-22-25-28-31-34-37-40-43-46-49-54(63)59(68,55(64)50-47-44-41-38-35-32-29-26-23-20-17-14-11-8-5-2)60(69,58(67)57(66)53(62)52-61)56(65)51-48-45-42-39-36-33-30-27-24-21-18-15-12-9-6-3/h53,57-58,61-62,66-69H,4-52H2,1-3H3/t53-,57+,58+,60+/m0/s1. The molecule has 0 bridgehead atoms. The van der Waals surface area contributed by atoms with Crippen molar-refractivity contribution in [3.05, 3.63) is 0 Å². The predicted octanol–water partition coefficient (Wildman–Crippen LogP) is 15.0. The van der Waals surface area contributed by atoms with E-state index < -0.39 is 53.5 Å². The largest absolute Gasteiger partial charge is 0.394 e. The van der Waals surface area contributed by atoms with Crippen LogP contribution < -0.4 is 0 Å². The van der Waals surface area contributed by atoms with Gasteiger partial charge in [0.15, 0.2) is 23.0 Å². The van der Waals surface area contributed by atoms with E-state index in [1.165, 1.54) is 173 Å². The molecule has 0 aromatic carbocycles. The Bertz CT molecular complexity index is 1120. The highest BCUT2D eigenvalue weighted by atomic mass is 16.4. The molecule has 0 radical (unpaired) electrons. The summed E-state index contributed by atoms with van der Waals surface area (Å²) in [5, 5.41) is 67.2. The Labute approximate surface area is 426 Å². The number of carbonyl (C=O) groups is 3. The smallest absolute Gasteiger partial charge is 0.220 e. The van der Waals surface area contributed by atoms with Crippen LogP contribution in [-0.4, -0.2) is 84.1 Å². The van der Waals surface area contributed by atoms with Crippen LogP contribution in [0.2, 0.25) is 0 Å². The molecule has 0 aromatic heterocycles. The van der Waals surface area contributed by atoms with Crippen LogP contribution in [0.25, 0.3) is 0 Å². The van der Waals surface area contributed by atoms with Crippen molar-refractivity contribution in [2.75, 3.05) is 6.61 Å². The van der Waals surface area contributed by atoms with Crippen molar-refractivity contribution in [3.8, 4) is 0 Å². The van der Waals surface area contributed by atoms with Gasteiger partial charge in [-0.15, -0.1) is 0 Å². The Kier molecular flexibility index (Phi) is 46.9. The summed E-state index contributed by atoms with van der Waals surface area (Å²) in [6, 6.07) is 0. The summed E-state index contributed by atoms with van der Waals surface area (Å²) < 4.78 is 0. The number of unbranched alkanes of at least 4 members (excludes halogenated alkanes) is 42. The van der Waals surface area contributed by atoms with E-state index in [2.05, 4.69) is 20.8 Å². The number of aliphatic hydroxyl groups excluding tert-OH is 4. The van der Waals surface area contributed by atoms with Gasteiger partial charge in [-0.2, -0.15) is 0 Å². The SMILES string of the molecule is CCCCCCCCCCCCCCCCCC(=O)C(O)(C(=O)CCCCCCCCCCCCCCCCC)[C@@](O)(C(=O)CCCCCCCCCCCCCCCCC)[C@H](O)[C@H](O)[C@@H](O)CO. The van der Waals surface area contributed by atoms with Crippen molar-refractivity contribution in [1.82, 2.24) is 0 Å². The van der Waals surface area contributed by atoms with Crippen molar-refractivity contribution in [2.24, 2.45) is 0 Å². The number of aliphatic hydroxyl groups is 6. The van der Waals surface area contributed by atoms with Crippen molar-refractivity contribution < 1.29 is 45.0 Å². The van der Waals surface area contributed by atoms with Gasteiger partial charge >= 0.3 is 0 Å². The fourth-order valence-electron chi connectivity index (χ4n) is 10.2. The average Bonchev–Trinajstić information content (AvgIpc) is 3.35. The third-order valence-electron chi connectivity index (χ3n) is 15.1. The highest BCUT2D eigenvalue weighted by molar-refractivity contribution is 6.16. The highest BCUT2D eigenvalue weighted by Crippen LogP contribution is 2.36. The molecule has 0 aliphatic heterocycles. The summed E-state index contributed by atoms with van der Waals surface area (Å²) in [7, 11) is 0. The molecule has 0 amide bonds. The minimum atomic E-state index is -3.42. The van der Waals surface area contributed by atoms with Crippen LogP contribution in [0.15, 0.2) is 0 Å². The van der Waals surface area contributed by atoms with E-state index in [-0.39, 0.29) is 19.3 Å². The van der Waals surface area contributed by atoms with Crippen LogP contribution in [0.3, 0.4) is 0 Å². The van der Waals surface area contributed by atoms with Gasteiger partial charge in [0.2, 0.25) is 5.60 Å². The zero-order chi connectivity index (χ0) is 51.1. The van der Waals surface area contributed by atoms with E-state index in [1.54, 1.807) is 0 Å². The van der Waals surface area contributed by atoms with Gasteiger partial charge in [0.05, 0.1) is 6.61 Å². The number of hydrogen-bond donors (Lipinski definition) is 6. The summed E-state index contributed by atoms with van der Waals surface area (Å²) in [5.74, 6) is -3.23. The topological polar surface area (TPSA) is 173 Å². The Hall–Kier alpha value is -1.23. The normalized spacial score (nSPS) is 14.2. The maximum absolute atomic E-state index is 14.2. The van der Waals surface area contributed by atoms with Gasteiger partial charge in [0.1, 0.15) is 18.3 Å². The molecule has 0 rings (SSSR count). The Morgan fingerprint density at radius 1 is 0.319 bits per heavy atom. The lowest BCUT2D eigenvalue weighted by molar-refractivity contribution is -0.224. The van der Waals surface area contributed by atoms with E-state index in [0.29, 0.717) is 38.5 Å². The lowest BCUT2D eigenvalue weighted by Gasteiger charge is -2.44. The van der Waals surface area contributed by atoms with E-state index in [9.17, 15) is 45.0 Å². The Morgan fingerprint density at radius 2 is 0.507 bits per heavy atom. The minimum absolute atomic E-state index is 0.292. The number of rotatable bonds is 56. The van der Waals surface area contributed by atoms with Crippen molar-refractivity contribution in [2.45, 2.75) is 358 Å². The van der Waals surface area contributed by atoms with E-state index in [4.69, 9.17) is 0 Å². The summed E-state index contributed by atoms with van der Waals surface area (Å²) in [5.41, 5.74) is -6.75. The molecule has 0 spiro atoms. The first kappa shape index (κ1) is 67.8. The molecule has 410 valence electrons. The number of ketones is 3. The molecule has 6 N–H and O–H groups in total. The molecule has 4 atom stereocenters. The summed E-state index contributed by atoms with van der Waals surface area (Å²) in [4.78, 5) is 42.7. The van der Waals surface area contributed by atoms with Crippen LogP contribution in [0.5, 0.6) is 0 Å². The van der Waals surface area contributed by atoms with E-state index in [0.717, 1.165) is 77.0 Å². The zero-order valence-electron chi connectivity index (χ0n) is 45.8. The second-order valence-corrected chi connectivity index (χ2v) is 21.5. The van der Waals surface area contributed by atoms with Crippen molar-refractivity contribution in [3.63, 3.8) is 0 Å². The molecule has 9 nitrogen and oxygen atoms in total. The fourth-order valence-corrected chi connectivity index (χ4v) is 10.2. The molecule has 0 aliphatic carbocycles. The quantitative estimate of drug-likeness (QED) is 0.0256. The minimum Gasteiger partial charge on any atom is -0.394 e.